The third kappa shape index (κ3) is 2.64. The molecule has 1 aromatic rings. The molecule has 19 heavy (non-hydrogen) atoms. The predicted molar refractivity (Wildman–Crippen MR) is 67.5 cm³/mol. The van der Waals surface area contributed by atoms with E-state index in [0.717, 1.165) is 19.3 Å². The average Bonchev–Trinajstić information content (AvgIpc) is 2.98. The molecule has 0 spiro atoms. The summed E-state index contributed by atoms with van der Waals surface area (Å²) in [5.74, 6) is -1.26. The Balaban J connectivity index is 2.44. The molecule has 106 valence electrons. The van der Waals surface area contributed by atoms with Crippen LogP contribution in [0, 0.1) is 0 Å². The number of hydrogen-bond acceptors (Lipinski definition) is 4. The molecule has 1 saturated heterocycles. The molecule has 8 heteroatoms. The van der Waals surface area contributed by atoms with Gasteiger partial charge in [-0.2, -0.15) is 9.40 Å². The molecule has 1 aromatic heterocycles. The average molecular weight is 287 g/mol. The fourth-order valence-corrected chi connectivity index (χ4v) is 3.74. The summed E-state index contributed by atoms with van der Waals surface area (Å²) in [6.07, 6.45) is 3.65. The molecule has 0 aliphatic carbocycles. The number of rotatable bonds is 5. The Morgan fingerprint density at radius 2 is 2.05 bits per heavy atom. The highest BCUT2D eigenvalue weighted by Gasteiger charge is 2.34. The summed E-state index contributed by atoms with van der Waals surface area (Å²) in [5.41, 5.74) is -0.250. The minimum Gasteiger partial charge on any atom is -0.478 e. The second-order valence-electron chi connectivity index (χ2n) is 4.53. The van der Waals surface area contributed by atoms with Crippen molar-refractivity contribution >= 4 is 16.0 Å². The van der Waals surface area contributed by atoms with Crippen LogP contribution in [0.2, 0.25) is 0 Å². The van der Waals surface area contributed by atoms with E-state index >= 15 is 0 Å². The minimum absolute atomic E-state index is 0.250. The first kappa shape index (κ1) is 14.0. The van der Waals surface area contributed by atoms with E-state index in [9.17, 15) is 13.2 Å². The van der Waals surface area contributed by atoms with Crippen LogP contribution < -0.4 is 0 Å². The SMILES string of the molecule is CCCn1cc(C(=O)O)c(S(=O)(=O)N2CCCC2)n1. The van der Waals surface area contributed by atoms with Gasteiger partial charge in [-0.3, -0.25) is 4.68 Å². The second kappa shape index (κ2) is 5.30. The third-order valence-electron chi connectivity index (χ3n) is 3.06. The molecule has 0 unspecified atom stereocenters. The lowest BCUT2D eigenvalue weighted by molar-refractivity contribution is 0.0692. The number of carboxylic acid groups (broad SMARTS) is 1. The number of hydrogen-bond donors (Lipinski definition) is 1. The van der Waals surface area contributed by atoms with Crippen molar-refractivity contribution in [3.05, 3.63) is 11.8 Å². The molecular weight excluding hydrogens is 270 g/mol. The van der Waals surface area contributed by atoms with Crippen LogP contribution in [0.5, 0.6) is 0 Å². The Morgan fingerprint density at radius 1 is 1.42 bits per heavy atom. The Kier molecular flexibility index (Phi) is 3.91. The highest BCUT2D eigenvalue weighted by molar-refractivity contribution is 7.89. The van der Waals surface area contributed by atoms with Crippen LogP contribution in [0.15, 0.2) is 11.2 Å². The standard InChI is InChI=1S/C11H17N3O4S/c1-2-5-13-8-9(11(15)16)10(12-13)19(17,18)14-6-3-4-7-14/h8H,2-7H2,1H3,(H,15,16). The first-order valence-electron chi connectivity index (χ1n) is 6.27. The highest BCUT2D eigenvalue weighted by Crippen LogP contribution is 2.22. The molecule has 0 aromatic carbocycles. The van der Waals surface area contributed by atoms with Crippen molar-refractivity contribution in [2.75, 3.05) is 13.1 Å². The molecule has 0 saturated carbocycles. The van der Waals surface area contributed by atoms with Crippen molar-refractivity contribution in [3.8, 4) is 0 Å². The molecule has 0 amide bonds. The summed E-state index contributed by atoms with van der Waals surface area (Å²) in [4.78, 5) is 11.2. The number of aryl methyl sites for hydroxylation is 1. The van der Waals surface area contributed by atoms with Crippen molar-refractivity contribution in [3.63, 3.8) is 0 Å². The van der Waals surface area contributed by atoms with Crippen LogP contribution in [0.25, 0.3) is 0 Å². The molecule has 1 fully saturated rings. The largest absolute Gasteiger partial charge is 0.478 e. The molecule has 0 bridgehead atoms. The van der Waals surface area contributed by atoms with Crippen molar-refractivity contribution in [2.24, 2.45) is 0 Å². The van der Waals surface area contributed by atoms with E-state index in [4.69, 9.17) is 5.11 Å². The second-order valence-corrected chi connectivity index (χ2v) is 6.38. The quantitative estimate of drug-likeness (QED) is 0.863. The first-order valence-corrected chi connectivity index (χ1v) is 7.71. The zero-order valence-corrected chi connectivity index (χ0v) is 11.6. The zero-order valence-electron chi connectivity index (χ0n) is 10.7. The van der Waals surface area contributed by atoms with Gasteiger partial charge in [0.1, 0.15) is 5.56 Å². The van der Waals surface area contributed by atoms with Crippen molar-refractivity contribution in [1.82, 2.24) is 14.1 Å². The normalized spacial score (nSPS) is 16.9. The van der Waals surface area contributed by atoms with E-state index in [1.807, 2.05) is 6.92 Å². The van der Waals surface area contributed by atoms with Crippen LogP contribution in [-0.2, 0) is 16.6 Å². The lowest BCUT2D eigenvalue weighted by Gasteiger charge is -2.13. The lowest BCUT2D eigenvalue weighted by Crippen LogP contribution is -2.29. The third-order valence-corrected chi connectivity index (χ3v) is 4.90. The highest BCUT2D eigenvalue weighted by atomic mass is 32.2. The molecule has 2 heterocycles. The van der Waals surface area contributed by atoms with Crippen LogP contribution >= 0.6 is 0 Å². The van der Waals surface area contributed by atoms with Gasteiger partial charge in [0, 0.05) is 25.8 Å². The number of aromatic nitrogens is 2. The fourth-order valence-electron chi connectivity index (χ4n) is 2.14. The van der Waals surface area contributed by atoms with Crippen LogP contribution in [0.1, 0.15) is 36.5 Å². The van der Waals surface area contributed by atoms with Crippen LogP contribution in [0.4, 0.5) is 0 Å². The topological polar surface area (TPSA) is 92.5 Å². The van der Waals surface area contributed by atoms with Gasteiger partial charge in [0.25, 0.3) is 10.0 Å². The summed E-state index contributed by atoms with van der Waals surface area (Å²) in [7, 11) is -3.79. The van der Waals surface area contributed by atoms with Gasteiger partial charge in [-0.1, -0.05) is 6.92 Å². The van der Waals surface area contributed by atoms with Gasteiger partial charge in [-0.05, 0) is 19.3 Å². The lowest BCUT2D eigenvalue weighted by atomic mass is 10.4. The number of nitrogens with zero attached hydrogens (tertiary/aromatic N) is 3. The summed E-state index contributed by atoms with van der Waals surface area (Å²) >= 11 is 0. The van der Waals surface area contributed by atoms with Crippen LogP contribution in [-0.4, -0.2) is 46.7 Å². The maximum absolute atomic E-state index is 12.4. The molecule has 1 N–H and O–H groups in total. The van der Waals surface area contributed by atoms with Gasteiger partial charge in [0.2, 0.25) is 5.03 Å². The van der Waals surface area contributed by atoms with Crippen molar-refractivity contribution in [2.45, 2.75) is 37.8 Å². The van der Waals surface area contributed by atoms with E-state index in [-0.39, 0.29) is 10.6 Å². The predicted octanol–water partition coefficient (Wildman–Crippen LogP) is 0.776. The fraction of sp³-hybridized carbons (Fsp3) is 0.636. The van der Waals surface area contributed by atoms with Gasteiger partial charge in [0.05, 0.1) is 0 Å². The van der Waals surface area contributed by atoms with E-state index < -0.39 is 16.0 Å². The van der Waals surface area contributed by atoms with Crippen molar-refractivity contribution in [1.29, 1.82) is 0 Å². The Hall–Kier alpha value is -1.41. The molecule has 0 atom stereocenters. The monoisotopic (exact) mass is 287 g/mol. The summed E-state index contributed by atoms with van der Waals surface area (Å²) in [5, 5.41) is 12.7. The summed E-state index contributed by atoms with van der Waals surface area (Å²) in [6.45, 7) is 3.27. The molecule has 2 rings (SSSR count). The number of carboxylic acids is 1. The smallest absolute Gasteiger partial charge is 0.340 e. The Bertz CT molecular complexity index is 573. The summed E-state index contributed by atoms with van der Waals surface area (Å²) < 4.78 is 27.4. The van der Waals surface area contributed by atoms with E-state index in [1.165, 1.54) is 15.2 Å². The summed E-state index contributed by atoms with van der Waals surface area (Å²) in [6, 6.07) is 0. The van der Waals surface area contributed by atoms with Gasteiger partial charge in [-0.15, -0.1) is 0 Å². The Labute approximate surface area is 111 Å². The molecule has 1 aliphatic heterocycles. The number of carbonyl (C=O) groups is 1. The van der Waals surface area contributed by atoms with Crippen LogP contribution in [0.3, 0.4) is 0 Å². The van der Waals surface area contributed by atoms with Crippen molar-refractivity contribution < 1.29 is 18.3 Å². The van der Waals surface area contributed by atoms with E-state index in [1.54, 1.807) is 0 Å². The zero-order chi connectivity index (χ0) is 14.0. The van der Waals surface area contributed by atoms with E-state index in [0.29, 0.717) is 19.6 Å². The molecule has 1 aliphatic rings. The number of sulfonamides is 1. The maximum atomic E-state index is 12.4. The minimum atomic E-state index is -3.79. The van der Waals surface area contributed by atoms with Gasteiger partial charge in [0.15, 0.2) is 0 Å². The van der Waals surface area contributed by atoms with Gasteiger partial charge in [-0.25, -0.2) is 13.2 Å². The molecular formula is C11H17N3O4S. The maximum Gasteiger partial charge on any atom is 0.340 e. The molecule has 0 radical (unpaired) electrons. The molecule has 7 nitrogen and oxygen atoms in total. The van der Waals surface area contributed by atoms with Gasteiger partial charge >= 0.3 is 5.97 Å². The first-order chi connectivity index (χ1) is 8.96. The van der Waals surface area contributed by atoms with Gasteiger partial charge < -0.3 is 5.11 Å². The number of aromatic carboxylic acids is 1. The Morgan fingerprint density at radius 3 is 2.58 bits per heavy atom. The van der Waals surface area contributed by atoms with E-state index in [2.05, 4.69) is 5.10 Å².